The summed E-state index contributed by atoms with van der Waals surface area (Å²) >= 11 is 0. The van der Waals surface area contributed by atoms with E-state index in [9.17, 15) is 4.79 Å². The number of amides is 1. The van der Waals surface area contributed by atoms with Gasteiger partial charge >= 0.3 is 0 Å². The molecule has 0 fully saturated rings. The second-order valence-corrected chi connectivity index (χ2v) is 5.03. The van der Waals surface area contributed by atoms with Crippen LogP contribution in [0.25, 0.3) is 11.0 Å². The van der Waals surface area contributed by atoms with E-state index in [1.165, 1.54) is 0 Å². The number of carbonyl (C=O) groups is 1. The van der Waals surface area contributed by atoms with Crippen LogP contribution >= 0.6 is 0 Å². The minimum absolute atomic E-state index is 0.137. The molecule has 0 aliphatic rings. The molecule has 0 aliphatic carbocycles. The first-order chi connectivity index (χ1) is 10.1. The molecule has 1 amide bonds. The van der Waals surface area contributed by atoms with Crippen molar-refractivity contribution in [3.8, 4) is 0 Å². The number of carbonyl (C=O) groups excluding carboxylic acids is 1. The minimum Gasteiger partial charge on any atom is -0.378 e. The molecule has 106 valence electrons. The van der Waals surface area contributed by atoms with E-state index in [4.69, 9.17) is 0 Å². The Hall–Kier alpha value is -2.82. The van der Waals surface area contributed by atoms with Crippen molar-refractivity contribution in [2.45, 2.75) is 0 Å². The standard InChI is InChI=1S/C16H16N4O/c1-20(2)13-5-3-4-12(9-13)19-16(21)11-6-7-14-15(8-11)18-10-17-14/h3-10H,1-2H3,(H,17,18)(H,19,21). The molecule has 2 N–H and O–H groups in total. The zero-order valence-electron chi connectivity index (χ0n) is 11.9. The summed E-state index contributed by atoms with van der Waals surface area (Å²) in [4.78, 5) is 21.4. The van der Waals surface area contributed by atoms with Gasteiger partial charge < -0.3 is 15.2 Å². The Morgan fingerprint density at radius 1 is 1.19 bits per heavy atom. The number of nitrogens with one attached hydrogen (secondary N) is 2. The first-order valence-electron chi connectivity index (χ1n) is 6.65. The van der Waals surface area contributed by atoms with Gasteiger partial charge in [-0.25, -0.2) is 4.98 Å². The second-order valence-electron chi connectivity index (χ2n) is 5.03. The Labute approximate surface area is 122 Å². The molecule has 0 unspecified atom stereocenters. The molecule has 5 heteroatoms. The second kappa shape index (κ2) is 5.28. The molecule has 0 atom stereocenters. The highest BCUT2D eigenvalue weighted by Gasteiger charge is 2.08. The Kier molecular flexibility index (Phi) is 3.31. The van der Waals surface area contributed by atoms with E-state index < -0.39 is 0 Å². The third kappa shape index (κ3) is 2.72. The van der Waals surface area contributed by atoms with Crippen LogP contribution in [0.5, 0.6) is 0 Å². The van der Waals surface area contributed by atoms with Crippen molar-refractivity contribution in [2.75, 3.05) is 24.3 Å². The topological polar surface area (TPSA) is 61.0 Å². The molecule has 0 saturated carbocycles. The Balaban J connectivity index is 1.83. The third-order valence-corrected chi connectivity index (χ3v) is 3.30. The smallest absolute Gasteiger partial charge is 0.255 e. The predicted octanol–water partition coefficient (Wildman–Crippen LogP) is 2.88. The molecule has 0 bridgehead atoms. The van der Waals surface area contributed by atoms with E-state index >= 15 is 0 Å². The molecule has 0 aliphatic heterocycles. The number of benzene rings is 2. The number of aromatic amines is 1. The molecule has 0 radical (unpaired) electrons. The lowest BCUT2D eigenvalue weighted by Crippen LogP contribution is -2.13. The number of H-pyrrole nitrogens is 1. The van der Waals surface area contributed by atoms with E-state index in [0.29, 0.717) is 5.56 Å². The number of rotatable bonds is 3. The first-order valence-corrected chi connectivity index (χ1v) is 6.65. The number of anilines is 2. The summed E-state index contributed by atoms with van der Waals surface area (Å²) in [5.74, 6) is -0.137. The van der Waals surface area contributed by atoms with Crippen molar-refractivity contribution < 1.29 is 4.79 Å². The number of aromatic nitrogens is 2. The summed E-state index contributed by atoms with van der Waals surface area (Å²) in [6.45, 7) is 0. The van der Waals surface area contributed by atoms with Crippen LogP contribution in [-0.4, -0.2) is 30.0 Å². The van der Waals surface area contributed by atoms with Crippen LogP contribution in [-0.2, 0) is 0 Å². The van der Waals surface area contributed by atoms with Crippen molar-refractivity contribution in [1.82, 2.24) is 9.97 Å². The summed E-state index contributed by atoms with van der Waals surface area (Å²) in [5.41, 5.74) is 4.11. The van der Waals surface area contributed by atoms with Crippen molar-refractivity contribution in [3.05, 3.63) is 54.4 Å². The number of fused-ring (bicyclic) bond motifs is 1. The molecular formula is C16H16N4O. The number of hydrogen-bond acceptors (Lipinski definition) is 3. The van der Waals surface area contributed by atoms with Gasteiger partial charge in [-0.1, -0.05) is 6.07 Å². The summed E-state index contributed by atoms with van der Waals surface area (Å²) in [6, 6.07) is 13.1. The van der Waals surface area contributed by atoms with Crippen LogP contribution in [0.15, 0.2) is 48.8 Å². The van der Waals surface area contributed by atoms with Gasteiger partial charge in [0.1, 0.15) is 0 Å². The van der Waals surface area contributed by atoms with Crippen LogP contribution in [0.3, 0.4) is 0 Å². The van der Waals surface area contributed by atoms with E-state index in [1.54, 1.807) is 18.5 Å². The number of nitrogens with zero attached hydrogens (tertiary/aromatic N) is 2. The average molecular weight is 280 g/mol. The Morgan fingerprint density at radius 3 is 2.86 bits per heavy atom. The van der Waals surface area contributed by atoms with Crippen molar-refractivity contribution in [1.29, 1.82) is 0 Å². The number of hydrogen-bond donors (Lipinski definition) is 2. The summed E-state index contributed by atoms with van der Waals surface area (Å²) in [5, 5.41) is 2.91. The molecule has 5 nitrogen and oxygen atoms in total. The van der Waals surface area contributed by atoms with Crippen LogP contribution < -0.4 is 10.2 Å². The highest BCUT2D eigenvalue weighted by molar-refractivity contribution is 6.06. The van der Waals surface area contributed by atoms with Gasteiger partial charge in [0.15, 0.2) is 0 Å². The third-order valence-electron chi connectivity index (χ3n) is 3.30. The molecular weight excluding hydrogens is 264 g/mol. The summed E-state index contributed by atoms with van der Waals surface area (Å²) < 4.78 is 0. The maximum absolute atomic E-state index is 12.3. The van der Waals surface area contributed by atoms with Gasteiger partial charge in [0.05, 0.1) is 17.4 Å². The molecule has 0 spiro atoms. The minimum atomic E-state index is -0.137. The monoisotopic (exact) mass is 280 g/mol. The fourth-order valence-corrected chi connectivity index (χ4v) is 2.14. The largest absolute Gasteiger partial charge is 0.378 e. The fraction of sp³-hybridized carbons (Fsp3) is 0.125. The quantitative estimate of drug-likeness (QED) is 0.775. The zero-order valence-corrected chi connectivity index (χ0v) is 11.9. The summed E-state index contributed by atoms with van der Waals surface area (Å²) in [6.07, 6.45) is 1.62. The molecule has 0 saturated heterocycles. The Morgan fingerprint density at radius 2 is 2.05 bits per heavy atom. The predicted molar refractivity (Wildman–Crippen MR) is 84.8 cm³/mol. The Bertz CT molecular complexity index is 792. The van der Waals surface area contributed by atoms with Gasteiger partial charge in [-0.2, -0.15) is 0 Å². The van der Waals surface area contributed by atoms with E-state index in [1.807, 2.05) is 49.3 Å². The van der Waals surface area contributed by atoms with Crippen molar-refractivity contribution >= 4 is 28.3 Å². The lowest BCUT2D eigenvalue weighted by molar-refractivity contribution is 0.102. The maximum Gasteiger partial charge on any atom is 0.255 e. The summed E-state index contributed by atoms with van der Waals surface area (Å²) in [7, 11) is 3.93. The number of imidazole rings is 1. The van der Waals surface area contributed by atoms with Crippen LogP contribution in [0.4, 0.5) is 11.4 Å². The molecule has 1 heterocycles. The van der Waals surface area contributed by atoms with Gasteiger partial charge in [0.2, 0.25) is 0 Å². The highest BCUT2D eigenvalue weighted by Crippen LogP contribution is 2.19. The van der Waals surface area contributed by atoms with Gasteiger partial charge in [-0.3, -0.25) is 4.79 Å². The van der Waals surface area contributed by atoms with Gasteiger partial charge in [0, 0.05) is 31.0 Å². The van der Waals surface area contributed by atoms with E-state index in [0.717, 1.165) is 22.4 Å². The maximum atomic E-state index is 12.3. The molecule has 3 rings (SSSR count). The molecule has 3 aromatic rings. The van der Waals surface area contributed by atoms with Gasteiger partial charge in [0.25, 0.3) is 5.91 Å². The fourth-order valence-electron chi connectivity index (χ4n) is 2.14. The molecule has 1 aromatic heterocycles. The molecule has 2 aromatic carbocycles. The molecule has 21 heavy (non-hydrogen) atoms. The highest BCUT2D eigenvalue weighted by atomic mass is 16.1. The zero-order chi connectivity index (χ0) is 14.8. The lowest BCUT2D eigenvalue weighted by Gasteiger charge is -2.14. The van der Waals surface area contributed by atoms with Crippen molar-refractivity contribution in [2.24, 2.45) is 0 Å². The SMILES string of the molecule is CN(C)c1cccc(NC(=O)c2ccc3nc[nH]c3c2)c1. The van der Waals surface area contributed by atoms with Crippen LogP contribution in [0.2, 0.25) is 0 Å². The van der Waals surface area contributed by atoms with Gasteiger partial charge in [-0.05, 0) is 36.4 Å². The normalized spacial score (nSPS) is 10.6. The van der Waals surface area contributed by atoms with E-state index in [2.05, 4.69) is 15.3 Å². The van der Waals surface area contributed by atoms with Crippen molar-refractivity contribution in [3.63, 3.8) is 0 Å². The average Bonchev–Trinajstić information content (AvgIpc) is 2.94. The van der Waals surface area contributed by atoms with Gasteiger partial charge in [-0.15, -0.1) is 0 Å². The first kappa shape index (κ1) is 13.2. The van der Waals surface area contributed by atoms with Crippen LogP contribution in [0.1, 0.15) is 10.4 Å². The van der Waals surface area contributed by atoms with Crippen LogP contribution in [0, 0.1) is 0 Å². The van der Waals surface area contributed by atoms with E-state index in [-0.39, 0.29) is 5.91 Å². The lowest BCUT2D eigenvalue weighted by atomic mass is 10.2.